The molecule has 0 heterocycles. The van der Waals surface area contributed by atoms with Gasteiger partial charge in [-0.3, -0.25) is 0 Å². The van der Waals surface area contributed by atoms with E-state index in [2.05, 4.69) is 0 Å². The summed E-state index contributed by atoms with van der Waals surface area (Å²) in [6.45, 7) is 0. The highest BCUT2D eigenvalue weighted by molar-refractivity contribution is 7.90. The number of nitroso groups, excluding NO2 is 1. The monoisotopic (exact) mass is 205 g/mol. The fourth-order valence-electron chi connectivity index (χ4n) is 0.650. The van der Waals surface area contributed by atoms with Crippen molar-refractivity contribution in [2.24, 2.45) is 4.58 Å². The van der Waals surface area contributed by atoms with Gasteiger partial charge in [-0.1, -0.05) is 11.6 Å². The molecule has 0 aliphatic rings. The van der Waals surface area contributed by atoms with Crippen molar-refractivity contribution in [3.8, 4) is 0 Å². The third-order valence-corrected chi connectivity index (χ3v) is 2.53. The van der Waals surface area contributed by atoms with Gasteiger partial charge in [0.1, 0.15) is 0 Å². The van der Waals surface area contributed by atoms with E-state index in [1.165, 1.54) is 24.3 Å². The Kier molecular flexibility index (Phi) is 2.44. The Hall–Kier alpha value is -0.940. The van der Waals surface area contributed by atoms with E-state index in [0.717, 1.165) is 0 Å². The van der Waals surface area contributed by atoms with Crippen molar-refractivity contribution in [2.45, 2.75) is 4.90 Å². The highest BCUT2D eigenvalue weighted by atomic mass is 35.5. The quantitative estimate of drug-likeness (QED) is 0.692. The minimum absolute atomic E-state index is 0.151. The molecule has 64 valence electrons. The molecule has 12 heavy (non-hydrogen) atoms. The Balaban J connectivity index is 3.23. The van der Waals surface area contributed by atoms with Crippen LogP contribution in [0.3, 0.4) is 0 Å². The predicted octanol–water partition coefficient (Wildman–Crippen LogP) is 1.80. The molecule has 1 aromatic rings. The van der Waals surface area contributed by atoms with Crippen LogP contribution in [0.5, 0.6) is 0 Å². The van der Waals surface area contributed by atoms with E-state index in [0.29, 0.717) is 5.02 Å². The molecule has 0 aromatic heterocycles. The number of hydrogen-bond donors (Lipinski definition) is 0. The van der Waals surface area contributed by atoms with Crippen molar-refractivity contribution in [2.75, 3.05) is 0 Å². The van der Waals surface area contributed by atoms with Gasteiger partial charge in [0.15, 0.2) is 0 Å². The Morgan fingerprint density at radius 3 is 2.08 bits per heavy atom. The average Bonchev–Trinajstić information content (AvgIpc) is 2.05. The normalized spacial score (nSPS) is 11.1. The fourth-order valence-corrected chi connectivity index (χ4v) is 1.34. The van der Waals surface area contributed by atoms with Crippen molar-refractivity contribution < 1.29 is 8.42 Å². The lowest BCUT2D eigenvalue weighted by Gasteiger charge is -1.93. The van der Waals surface area contributed by atoms with Gasteiger partial charge in [-0.25, -0.2) is 0 Å². The van der Waals surface area contributed by atoms with Crippen molar-refractivity contribution in [1.82, 2.24) is 0 Å². The first-order valence-electron chi connectivity index (χ1n) is 2.91. The molecule has 0 amide bonds. The molecule has 0 fully saturated rings. The topological polar surface area (TPSA) is 63.6 Å². The van der Waals surface area contributed by atoms with E-state index in [1.807, 2.05) is 4.58 Å². The van der Waals surface area contributed by atoms with Crippen molar-refractivity contribution in [3.05, 3.63) is 34.2 Å². The van der Waals surface area contributed by atoms with Crippen LogP contribution in [0.15, 0.2) is 33.7 Å². The summed E-state index contributed by atoms with van der Waals surface area (Å²) >= 11 is 5.50. The molecular formula is C6H4ClNO3S. The highest BCUT2D eigenvalue weighted by Gasteiger charge is 2.12. The lowest BCUT2D eigenvalue weighted by Crippen LogP contribution is -1.93. The molecule has 6 heteroatoms. The SMILES string of the molecule is O=NS(=O)(=O)c1ccc(Cl)cc1. The molecule has 0 saturated heterocycles. The van der Waals surface area contributed by atoms with Crippen molar-refractivity contribution in [3.63, 3.8) is 0 Å². The Labute approximate surface area is 74.2 Å². The zero-order chi connectivity index (χ0) is 9.19. The molecule has 0 aliphatic heterocycles. The predicted molar refractivity (Wildman–Crippen MR) is 44.4 cm³/mol. The standard InChI is InChI=1S/C6H4ClNO3S/c7-5-1-3-6(4-2-5)12(10,11)8-9/h1-4H. The number of nitrogens with zero attached hydrogens (tertiary/aromatic N) is 1. The van der Waals surface area contributed by atoms with E-state index in [4.69, 9.17) is 11.6 Å². The molecule has 0 atom stereocenters. The van der Waals surface area contributed by atoms with Gasteiger partial charge in [0.2, 0.25) is 0 Å². The second kappa shape index (κ2) is 3.20. The largest absolute Gasteiger partial charge is 0.316 e. The van der Waals surface area contributed by atoms with Gasteiger partial charge in [-0.2, -0.15) is 8.42 Å². The Morgan fingerprint density at radius 2 is 1.67 bits per heavy atom. The van der Waals surface area contributed by atoms with Crippen molar-refractivity contribution in [1.29, 1.82) is 0 Å². The van der Waals surface area contributed by atoms with Gasteiger partial charge in [-0.05, 0) is 24.3 Å². The number of halogens is 1. The molecule has 0 radical (unpaired) electrons. The number of hydrogen-bond acceptors (Lipinski definition) is 3. The molecule has 0 bridgehead atoms. The number of benzene rings is 1. The molecule has 4 nitrogen and oxygen atoms in total. The molecule has 0 spiro atoms. The number of rotatable bonds is 2. The summed E-state index contributed by atoms with van der Waals surface area (Å²) in [6, 6.07) is 5.19. The Morgan fingerprint density at radius 1 is 1.17 bits per heavy atom. The summed E-state index contributed by atoms with van der Waals surface area (Å²) in [4.78, 5) is 9.69. The van der Waals surface area contributed by atoms with E-state index < -0.39 is 10.0 Å². The van der Waals surface area contributed by atoms with E-state index in [9.17, 15) is 13.3 Å². The zero-order valence-electron chi connectivity index (χ0n) is 5.77. The van der Waals surface area contributed by atoms with E-state index in [1.54, 1.807) is 0 Å². The maximum atomic E-state index is 10.8. The molecule has 0 saturated carbocycles. The lowest BCUT2D eigenvalue weighted by atomic mass is 10.4. The summed E-state index contributed by atoms with van der Waals surface area (Å²) in [5.74, 6) is 0. The maximum Gasteiger partial charge on any atom is 0.316 e. The first-order chi connectivity index (χ1) is 5.56. The van der Waals surface area contributed by atoms with Crippen molar-refractivity contribution >= 4 is 21.6 Å². The first kappa shape index (κ1) is 9.15. The zero-order valence-corrected chi connectivity index (χ0v) is 7.34. The molecule has 0 aliphatic carbocycles. The second-order valence-electron chi connectivity index (χ2n) is 2.00. The minimum atomic E-state index is -4.00. The fraction of sp³-hybridized carbons (Fsp3) is 0. The van der Waals surface area contributed by atoms with E-state index in [-0.39, 0.29) is 4.90 Å². The first-order valence-corrected chi connectivity index (χ1v) is 4.73. The molecular weight excluding hydrogens is 202 g/mol. The molecule has 1 rings (SSSR count). The van der Waals surface area contributed by atoms with Crippen LogP contribution >= 0.6 is 11.6 Å². The van der Waals surface area contributed by atoms with Crippen LogP contribution in [-0.2, 0) is 10.0 Å². The van der Waals surface area contributed by atoms with Crippen LogP contribution in [0.1, 0.15) is 0 Å². The van der Waals surface area contributed by atoms with Gasteiger partial charge < -0.3 is 0 Å². The smallest absolute Gasteiger partial charge is 0.196 e. The van der Waals surface area contributed by atoms with Crippen LogP contribution in [0, 0.1) is 4.91 Å². The summed E-state index contributed by atoms with van der Waals surface area (Å²) in [5, 5.41) is 0.403. The van der Waals surface area contributed by atoms with Crippen LogP contribution in [-0.4, -0.2) is 8.42 Å². The van der Waals surface area contributed by atoms with Crippen LogP contribution in [0.2, 0.25) is 5.02 Å². The van der Waals surface area contributed by atoms with Crippen LogP contribution < -0.4 is 0 Å². The van der Waals surface area contributed by atoms with Gasteiger partial charge in [0, 0.05) is 5.02 Å². The molecule has 0 unspecified atom stereocenters. The van der Waals surface area contributed by atoms with Crippen LogP contribution in [0.4, 0.5) is 0 Å². The Bertz CT molecular complexity index is 384. The lowest BCUT2D eigenvalue weighted by molar-refractivity contribution is 0.597. The van der Waals surface area contributed by atoms with E-state index >= 15 is 0 Å². The second-order valence-corrected chi connectivity index (χ2v) is 4.01. The summed E-state index contributed by atoms with van der Waals surface area (Å²) in [5.41, 5.74) is 0. The van der Waals surface area contributed by atoms with Gasteiger partial charge in [0.25, 0.3) is 0 Å². The maximum absolute atomic E-state index is 10.8. The molecule has 0 N–H and O–H groups in total. The summed E-state index contributed by atoms with van der Waals surface area (Å²) < 4.78 is 23.6. The summed E-state index contributed by atoms with van der Waals surface area (Å²) in [6.07, 6.45) is 0. The molecule has 1 aromatic carbocycles. The van der Waals surface area contributed by atoms with Gasteiger partial charge in [0.05, 0.1) is 9.48 Å². The third kappa shape index (κ3) is 1.80. The highest BCUT2D eigenvalue weighted by Crippen LogP contribution is 2.15. The third-order valence-electron chi connectivity index (χ3n) is 1.21. The summed E-state index contributed by atoms with van der Waals surface area (Å²) in [7, 11) is -4.00. The number of sulfonamides is 1. The average molecular weight is 206 g/mol. The van der Waals surface area contributed by atoms with Gasteiger partial charge >= 0.3 is 10.0 Å². The van der Waals surface area contributed by atoms with Crippen LogP contribution in [0.25, 0.3) is 0 Å². The minimum Gasteiger partial charge on any atom is -0.196 e. The van der Waals surface area contributed by atoms with Gasteiger partial charge in [-0.15, -0.1) is 4.91 Å².